The third kappa shape index (κ3) is 5.19. The van der Waals surface area contributed by atoms with Crippen molar-refractivity contribution in [1.29, 1.82) is 0 Å². The molecule has 136 valence electrons. The lowest BCUT2D eigenvalue weighted by Crippen LogP contribution is -2.17. The largest absolute Gasteiger partial charge is 0.573 e. The van der Waals surface area contributed by atoms with Crippen molar-refractivity contribution >= 4 is 0 Å². The maximum atomic E-state index is 12.8. The summed E-state index contributed by atoms with van der Waals surface area (Å²) in [5.41, 5.74) is -2.13. The number of hydrogen-bond donors (Lipinski definition) is 0. The molecule has 25 heavy (non-hydrogen) atoms. The molecule has 0 aliphatic heterocycles. The zero-order chi connectivity index (χ0) is 18.8. The van der Waals surface area contributed by atoms with Gasteiger partial charge in [0.05, 0.1) is 5.56 Å². The molecule has 0 saturated heterocycles. The molecule has 1 heterocycles. The van der Waals surface area contributed by atoms with E-state index in [4.69, 9.17) is 0 Å². The Morgan fingerprint density at radius 2 is 1.64 bits per heavy atom. The Morgan fingerprint density at radius 3 is 2.20 bits per heavy atom. The highest BCUT2D eigenvalue weighted by Gasteiger charge is 2.33. The lowest BCUT2D eigenvalue weighted by molar-refractivity contribution is -0.274. The van der Waals surface area contributed by atoms with E-state index in [1.807, 2.05) is 0 Å². The van der Waals surface area contributed by atoms with Crippen molar-refractivity contribution in [2.75, 3.05) is 0 Å². The molecule has 0 aliphatic rings. The summed E-state index contributed by atoms with van der Waals surface area (Å²) in [5.74, 6) is -1.61. The van der Waals surface area contributed by atoms with E-state index in [9.17, 15) is 35.1 Å². The molecule has 0 fully saturated rings. The molecular weight excluding hydrogens is 366 g/mol. The van der Waals surface area contributed by atoms with Crippen molar-refractivity contribution < 1.29 is 44.6 Å². The fourth-order valence-electron chi connectivity index (χ4n) is 1.85. The molecular formula is C14H7F8NO2. The average molecular weight is 373 g/mol. The van der Waals surface area contributed by atoms with Crippen LogP contribution < -0.4 is 9.47 Å². The van der Waals surface area contributed by atoms with E-state index in [0.29, 0.717) is 6.07 Å². The summed E-state index contributed by atoms with van der Waals surface area (Å²) in [5, 5.41) is 0. The number of rotatable bonds is 4. The Bertz CT molecular complexity index is 742. The first-order chi connectivity index (χ1) is 11.5. The van der Waals surface area contributed by atoms with Gasteiger partial charge in [0.25, 0.3) is 0 Å². The molecule has 0 bridgehead atoms. The number of alkyl halides is 8. The van der Waals surface area contributed by atoms with Gasteiger partial charge in [0.15, 0.2) is 0 Å². The zero-order valence-corrected chi connectivity index (χ0v) is 11.8. The molecule has 2 rings (SSSR count). The molecule has 0 aliphatic carbocycles. The highest BCUT2D eigenvalue weighted by Crippen LogP contribution is 2.37. The quantitative estimate of drug-likeness (QED) is 0.685. The van der Waals surface area contributed by atoms with E-state index in [1.54, 1.807) is 0 Å². The Labute approximate surface area is 134 Å². The SMILES string of the molecule is FC(F)Oc1ncc(C(F)(F)F)cc1-c1cccc(OC(F)(F)F)c1. The van der Waals surface area contributed by atoms with Crippen molar-refractivity contribution in [2.24, 2.45) is 0 Å². The van der Waals surface area contributed by atoms with Gasteiger partial charge in [-0.2, -0.15) is 22.0 Å². The van der Waals surface area contributed by atoms with Gasteiger partial charge in [-0.05, 0) is 23.8 Å². The van der Waals surface area contributed by atoms with Crippen LogP contribution in [0.1, 0.15) is 5.56 Å². The van der Waals surface area contributed by atoms with Gasteiger partial charge >= 0.3 is 19.2 Å². The van der Waals surface area contributed by atoms with E-state index >= 15 is 0 Å². The first-order valence-electron chi connectivity index (χ1n) is 6.34. The fraction of sp³-hybridized carbons (Fsp3) is 0.214. The van der Waals surface area contributed by atoms with Gasteiger partial charge in [-0.3, -0.25) is 0 Å². The summed E-state index contributed by atoms with van der Waals surface area (Å²) in [6, 6.07) is 4.20. The topological polar surface area (TPSA) is 31.4 Å². The van der Waals surface area contributed by atoms with Gasteiger partial charge in [-0.25, -0.2) is 4.98 Å². The fourth-order valence-corrected chi connectivity index (χ4v) is 1.85. The molecule has 0 spiro atoms. The molecule has 0 saturated carbocycles. The molecule has 0 amide bonds. The minimum absolute atomic E-state index is 0.275. The van der Waals surface area contributed by atoms with E-state index in [2.05, 4.69) is 14.5 Å². The van der Waals surface area contributed by atoms with Crippen molar-refractivity contribution in [2.45, 2.75) is 19.2 Å². The Kier molecular flexibility index (Phi) is 5.04. The molecule has 1 aromatic carbocycles. The molecule has 0 N–H and O–H groups in total. The lowest BCUT2D eigenvalue weighted by Gasteiger charge is -2.14. The normalized spacial score (nSPS) is 12.4. The first-order valence-corrected chi connectivity index (χ1v) is 6.34. The number of aromatic nitrogens is 1. The van der Waals surface area contributed by atoms with Crippen LogP contribution in [0.15, 0.2) is 36.5 Å². The number of nitrogens with zero attached hydrogens (tertiary/aromatic N) is 1. The summed E-state index contributed by atoms with van der Waals surface area (Å²) in [4.78, 5) is 3.18. The summed E-state index contributed by atoms with van der Waals surface area (Å²) < 4.78 is 108. The van der Waals surface area contributed by atoms with E-state index in [-0.39, 0.29) is 11.8 Å². The maximum absolute atomic E-state index is 12.8. The molecule has 1 aromatic heterocycles. The van der Waals surface area contributed by atoms with Crippen LogP contribution in [0.3, 0.4) is 0 Å². The van der Waals surface area contributed by atoms with Crippen LogP contribution in [-0.4, -0.2) is 18.0 Å². The standard InChI is InChI=1S/C14H7F8NO2/c15-12(16)24-11-10(5-8(6-23-11)13(17,18)19)7-2-1-3-9(4-7)25-14(20,21)22/h1-6,12H. The van der Waals surface area contributed by atoms with Gasteiger partial charge in [0, 0.05) is 11.8 Å². The summed E-state index contributed by atoms with van der Waals surface area (Å²) in [7, 11) is 0. The molecule has 0 radical (unpaired) electrons. The molecule has 0 atom stereocenters. The van der Waals surface area contributed by atoms with Crippen LogP contribution in [0.4, 0.5) is 35.1 Å². The molecule has 0 unspecified atom stereocenters. The number of hydrogen-bond acceptors (Lipinski definition) is 3. The van der Waals surface area contributed by atoms with Crippen LogP contribution in [0.5, 0.6) is 11.6 Å². The molecule has 11 heteroatoms. The smallest absolute Gasteiger partial charge is 0.416 e. The van der Waals surface area contributed by atoms with E-state index in [0.717, 1.165) is 24.3 Å². The highest BCUT2D eigenvalue weighted by molar-refractivity contribution is 5.70. The second-order valence-corrected chi connectivity index (χ2v) is 4.53. The Balaban J connectivity index is 2.53. The monoisotopic (exact) mass is 373 g/mol. The van der Waals surface area contributed by atoms with Crippen LogP contribution in [0.2, 0.25) is 0 Å². The molecule has 2 aromatic rings. The summed E-state index contributed by atoms with van der Waals surface area (Å²) in [6.45, 7) is -3.39. The average Bonchev–Trinajstić information content (AvgIpc) is 2.44. The van der Waals surface area contributed by atoms with Crippen LogP contribution >= 0.6 is 0 Å². The van der Waals surface area contributed by atoms with E-state index in [1.165, 1.54) is 0 Å². The van der Waals surface area contributed by atoms with Crippen LogP contribution in [-0.2, 0) is 6.18 Å². The van der Waals surface area contributed by atoms with Gasteiger partial charge < -0.3 is 9.47 Å². The third-order valence-electron chi connectivity index (χ3n) is 2.76. The second kappa shape index (κ2) is 6.73. The lowest BCUT2D eigenvalue weighted by atomic mass is 10.0. The minimum Gasteiger partial charge on any atom is -0.416 e. The third-order valence-corrected chi connectivity index (χ3v) is 2.76. The summed E-state index contributed by atoms with van der Waals surface area (Å²) in [6.07, 6.45) is -9.60. The predicted octanol–water partition coefficient (Wildman–Crippen LogP) is 5.27. The van der Waals surface area contributed by atoms with E-state index < -0.39 is 41.9 Å². The number of halogens is 8. The first kappa shape index (κ1) is 18.7. The predicted molar refractivity (Wildman–Crippen MR) is 68.0 cm³/mol. The number of benzene rings is 1. The zero-order valence-electron chi connectivity index (χ0n) is 11.8. The highest BCUT2D eigenvalue weighted by atomic mass is 19.4. The summed E-state index contributed by atoms with van der Waals surface area (Å²) >= 11 is 0. The van der Waals surface area contributed by atoms with Gasteiger partial charge in [-0.1, -0.05) is 12.1 Å². The Hall–Kier alpha value is -2.59. The minimum atomic E-state index is -5.03. The number of pyridine rings is 1. The van der Waals surface area contributed by atoms with Gasteiger partial charge in [-0.15, -0.1) is 13.2 Å². The van der Waals surface area contributed by atoms with Gasteiger partial charge in [0.1, 0.15) is 5.75 Å². The molecule has 3 nitrogen and oxygen atoms in total. The number of ether oxygens (including phenoxy) is 2. The van der Waals surface area contributed by atoms with Crippen molar-refractivity contribution in [1.82, 2.24) is 4.98 Å². The van der Waals surface area contributed by atoms with Crippen LogP contribution in [0, 0.1) is 0 Å². The van der Waals surface area contributed by atoms with Crippen molar-refractivity contribution in [3.8, 4) is 22.8 Å². The second-order valence-electron chi connectivity index (χ2n) is 4.53. The Morgan fingerprint density at radius 1 is 0.960 bits per heavy atom. The maximum Gasteiger partial charge on any atom is 0.573 e. The van der Waals surface area contributed by atoms with Crippen LogP contribution in [0.25, 0.3) is 11.1 Å². The van der Waals surface area contributed by atoms with Gasteiger partial charge in [0.2, 0.25) is 5.88 Å². The van der Waals surface area contributed by atoms with Crippen molar-refractivity contribution in [3.63, 3.8) is 0 Å². The van der Waals surface area contributed by atoms with Crippen molar-refractivity contribution in [3.05, 3.63) is 42.1 Å².